The third kappa shape index (κ3) is 2.28. The third-order valence-corrected chi connectivity index (χ3v) is 8.04. The SMILES string of the molecule is CC1(C)[C@H]2CC[C@]1(C)C1=N[C@H]([C@H](C[N+](=O)[O-])C3CCCC3)C(=O)O[C@H]12. The number of esters is 1. The van der Waals surface area contributed by atoms with Gasteiger partial charge in [0.2, 0.25) is 6.54 Å². The Bertz CT molecular complexity index is 637. The molecule has 1 heterocycles. The Morgan fingerprint density at radius 2 is 1.96 bits per heavy atom. The molecule has 4 aliphatic rings. The van der Waals surface area contributed by atoms with Crippen molar-refractivity contribution in [1.29, 1.82) is 0 Å². The molecule has 0 aromatic rings. The van der Waals surface area contributed by atoms with E-state index in [1.54, 1.807) is 0 Å². The molecule has 0 spiro atoms. The van der Waals surface area contributed by atoms with E-state index in [0.717, 1.165) is 44.2 Å². The van der Waals surface area contributed by atoms with E-state index in [4.69, 9.17) is 9.73 Å². The normalized spacial score (nSPS) is 40.5. The van der Waals surface area contributed by atoms with Crippen molar-refractivity contribution in [2.24, 2.45) is 33.6 Å². The van der Waals surface area contributed by atoms with Crippen molar-refractivity contribution in [2.75, 3.05) is 6.54 Å². The van der Waals surface area contributed by atoms with Gasteiger partial charge in [0.15, 0.2) is 6.04 Å². The molecule has 3 saturated carbocycles. The molecule has 0 saturated heterocycles. The van der Waals surface area contributed by atoms with Crippen LogP contribution in [0.2, 0.25) is 0 Å². The number of carbonyl (C=O) groups excluding carboxylic acids is 1. The number of nitro groups is 1. The lowest BCUT2D eigenvalue weighted by Gasteiger charge is -2.37. The van der Waals surface area contributed by atoms with E-state index in [2.05, 4.69) is 20.8 Å². The molecule has 4 rings (SSSR count). The molecule has 0 aromatic carbocycles. The van der Waals surface area contributed by atoms with E-state index < -0.39 is 6.04 Å². The maximum Gasteiger partial charge on any atom is 0.332 e. The van der Waals surface area contributed by atoms with Gasteiger partial charge in [0.05, 0.1) is 11.6 Å². The molecule has 0 N–H and O–H groups in total. The first-order chi connectivity index (χ1) is 11.8. The average Bonchev–Trinajstić information content (AvgIpc) is 3.17. The summed E-state index contributed by atoms with van der Waals surface area (Å²) in [5, 5.41) is 11.2. The predicted molar refractivity (Wildman–Crippen MR) is 93.0 cm³/mol. The van der Waals surface area contributed by atoms with Gasteiger partial charge < -0.3 is 4.74 Å². The summed E-state index contributed by atoms with van der Waals surface area (Å²) in [4.78, 5) is 28.6. The van der Waals surface area contributed by atoms with Crippen molar-refractivity contribution < 1.29 is 14.5 Å². The average molecular weight is 348 g/mol. The van der Waals surface area contributed by atoms with Crippen LogP contribution in [0.3, 0.4) is 0 Å². The van der Waals surface area contributed by atoms with Crippen LogP contribution in [-0.4, -0.2) is 35.3 Å². The van der Waals surface area contributed by atoms with Crippen LogP contribution in [0.15, 0.2) is 4.99 Å². The number of rotatable bonds is 4. The largest absolute Gasteiger partial charge is 0.454 e. The highest BCUT2D eigenvalue weighted by Gasteiger charge is 2.67. The number of hydrogen-bond donors (Lipinski definition) is 0. The maximum atomic E-state index is 12.8. The number of hydrogen-bond acceptors (Lipinski definition) is 5. The second kappa shape index (κ2) is 5.52. The molecule has 2 bridgehead atoms. The summed E-state index contributed by atoms with van der Waals surface area (Å²) >= 11 is 0. The summed E-state index contributed by atoms with van der Waals surface area (Å²) in [6, 6.07) is -0.688. The number of aliphatic imine (C=N–C) groups is 1. The molecule has 3 aliphatic carbocycles. The van der Waals surface area contributed by atoms with Crippen LogP contribution in [0, 0.1) is 38.7 Å². The molecule has 0 amide bonds. The Morgan fingerprint density at radius 1 is 1.28 bits per heavy atom. The molecule has 5 atom stereocenters. The summed E-state index contributed by atoms with van der Waals surface area (Å²) in [5.41, 5.74) is 0.998. The van der Waals surface area contributed by atoms with Crippen molar-refractivity contribution in [1.82, 2.24) is 0 Å². The van der Waals surface area contributed by atoms with E-state index in [1.165, 1.54) is 0 Å². The zero-order chi connectivity index (χ0) is 18.0. The van der Waals surface area contributed by atoms with E-state index in [0.29, 0.717) is 5.92 Å². The Morgan fingerprint density at radius 3 is 2.60 bits per heavy atom. The molecule has 0 radical (unpaired) electrons. The van der Waals surface area contributed by atoms with Gasteiger partial charge in [-0.1, -0.05) is 33.6 Å². The number of fused-ring (bicyclic) bond motifs is 5. The second-order valence-corrected chi connectivity index (χ2v) is 9.24. The smallest absolute Gasteiger partial charge is 0.332 e. The molecule has 3 fully saturated rings. The molecule has 1 aliphatic heterocycles. The summed E-state index contributed by atoms with van der Waals surface area (Å²) in [5.74, 6) is -0.131. The number of carbonyl (C=O) groups is 1. The van der Waals surface area contributed by atoms with Gasteiger partial charge in [0, 0.05) is 16.3 Å². The molecule has 138 valence electrons. The van der Waals surface area contributed by atoms with E-state index in [9.17, 15) is 14.9 Å². The minimum absolute atomic E-state index is 0.0532. The van der Waals surface area contributed by atoms with Crippen LogP contribution in [0.25, 0.3) is 0 Å². The van der Waals surface area contributed by atoms with Gasteiger partial charge >= 0.3 is 5.97 Å². The standard InChI is InChI=1S/C19H28N2O4/c1-18(2)13-8-9-19(18,3)16-15(13)25-17(22)14(20-16)12(10-21(23)24)11-6-4-5-7-11/h11-15H,4-10H2,1-3H3/t12-,13+,14-,15+,19-/m1/s1. The Balaban J connectivity index is 1.70. The van der Waals surface area contributed by atoms with E-state index in [-0.39, 0.29) is 46.2 Å². The maximum absolute atomic E-state index is 12.8. The monoisotopic (exact) mass is 348 g/mol. The fraction of sp³-hybridized carbons (Fsp3) is 0.895. The molecule has 0 unspecified atom stereocenters. The predicted octanol–water partition coefficient (Wildman–Crippen LogP) is 3.26. The first-order valence-electron chi connectivity index (χ1n) is 9.66. The van der Waals surface area contributed by atoms with Crippen LogP contribution in [-0.2, 0) is 9.53 Å². The molecule has 6 heteroatoms. The first-order valence-corrected chi connectivity index (χ1v) is 9.66. The van der Waals surface area contributed by atoms with Crippen molar-refractivity contribution in [3.8, 4) is 0 Å². The van der Waals surface area contributed by atoms with Crippen LogP contribution in [0.4, 0.5) is 0 Å². The van der Waals surface area contributed by atoms with Crippen LogP contribution >= 0.6 is 0 Å². The lowest BCUT2D eigenvalue weighted by molar-refractivity contribution is -0.490. The minimum Gasteiger partial charge on any atom is -0.454 e. The van der Waals surface area contributed by atoms with Crippen molar-refractivity contribution >= 4 is 11.7 Å². The van der Waals surface area contributed by atoms with Crippen molar-refractivity contribution in [3.05, 3.63) is 10.1 Å². The lowest BCUT2D eigenvalue weighted by Crippen LogP contribution is -2.49. The Labute approximate surface area is 148 Å². The summed E-state index contributed by atoms with van der Waals surface area (Å²) < 4.78 is 5.89. The third-order valence-electron chi connectivity index (χ3n) is 8.04. The quantitative estimate of drug-likeness (QED) is 0.443. The molecule has 25 heavy (non-hydrogen) atoms. The zero-order valence-corrected chi connectivity index (χ0v) is 15.4. The second-order valence-electron chi connectivity index (χ2n) is 9.24. The fourth-order valence-electron chi connectivity index (χ4n) is 6.12. The van der Waals surface area contributed by atoms with E-state index >= 15 is 0 Å². The van der Waals surface area contributed by atoms with Gasteiger partial charge in [-0.25, -0.2) is 4.79 Å². The van der Waals surface area contributed by atoms with Gasteiger partial charge in [0.25, 0.3) is 0 Å². The van der Waals surface area contributed by atoms with Gasteiger partial charge in [0.1, 0.15) is 6.10 Å². The number of nitrogens with zero attached hydrogens (tertiary/aromatic N) is 2. The summed E-state index contributed by atoms with van der Waals surface area (Å²) in [7, 11) is 0. The van der Waals surface area contributed by atoms with Gasteiger partial charge in [-0.3, -0.25) is 15.1 Å². The molecular formula is C19H28N2O4. The van der Waals surface area contributed by atoms with Gasteiger partial charge in [-0.05, 0) is 37.0 Å². The Kier molecular flexibility index (Phi) is 3.75. The highest BCUT2D eigenvalue weighted by atomic mass is 16.6. The van der Waals surface area contributed by atoms with Gasteiger partial charge in [-0.2, -0.15) is 0 Å². The molecule has 0 aromatic heterocycles. The van der Waals surface area contributed by atoms with E-state index in [1.807, 2.05) is 0 Å². The molecule has 6 nitrogen and oxygen atoms in total. The summed E-state index contributed by atoms with van der Waals surface area (Å²) in [6.45, 7) is 6.55. The zero-order valence-electron chi connectivity index (χ0n) is 15.4. The van der Waals surface area contributed by atoms with Crippen LogP contribution < -0.4 is 0 Å². The highest BCUT2D eigenvalue weighted by molar-refractivity contribution is 6.03. The van der Waals surface area contributed by atoms with Gasteiger partial charge in [-0.15, -0.1) is 0 Å². The minimum atomic E-state index is -0.688. The number of ether oxygens (including phenoxy) is 1. The first kappa shape index (κ1) is 17.0. The Hall–Kier alpha value is -1.46. The molecular weight excluding hydrogens is 320 g/mol. The lowest BCUT2D eigenvalue weighted by atomic mass is 9.70. The topological polar surface area (TPSA) is 81.8 Å². The van der Waals surface area contributed by atoms with Crippen molar-refractivity contribution in [3.63, 3.8) is 0 Å². The fourth-order valence-corrected chi connectivity index (χ4v) is 6.12. The van der Waals surface area contributed by atoms with Crippen LogP contribution in [0.5, 0.6) is 0 Å². The summed E-state index contributed by atoms with van der Waals surface area (Å²) in [6.07, 6.45) is 6.01. The highest BCUT2D eigenvalue weighted by Crippen LogP contribution is 2.65. The van der Waals surface area contributed by atoms with Crippen LogP contribution in [0.1, 0.15) is 59.3 Å². The van der Waals surface area contributed by atoms with Crippen molar-refractivity contribution in [2.45, 2.75) is 71.4 Å².